The first kappa shape index (κ1) is 23.4. The molecule has 0 aliphatic heterocycles. The van der Waals surface area contributed by atoms with Crippen molar-refractivity contribution < 1.29 is 14.3 Å². The van der Waals surface area contributed by atoms with E-state index in [0.29, 0.717) is 13.2 Å². The molecule has 1 aromatic heterocycles. The van der Waals surface area contributed by atoms with Crippen LogP contribution < -0.4 is 14.8 Å². The van der Waals surface area contributed by atoms with Crippen LogP contribution in [0.4, 0.5) is 0 Å². The lowest BCUT2D eigenvalue weighted by Crippen LogP contribution is -2.35. The second kappa shape index (κ2) is 10.4. The molecule has 0 saturated carbocycles. The van der Waals surface area contributed by atoms with Crippen LogP contribution in [0.3, 0.4) is 0 Å². The van der Waals surface area contributed by atoms with E-state index in [0.717, 1.165) is 46.9 Å². The summed E-state index contributed by atoms with van der Waals surface area (Å²) < 4.78 is 13.6. The fourth-order valence-corrected chi connectivity index (χ4v) is 3.44. The highest BCUT2D eigenvalue weighted by molar-refractivity contribution is 5.81. The van der Waals surface area contributed by atoms with Crippen molar-refractivity contribution in [2.75, 3.05) is 13.7 Å². The zero-order valence-corrected chi connectivity index (χ0v) is 19.6. The first-order chi connectivity index (χ1) is 15.3. The Bertz CT molecular complexity index is 1090. The first-order valence-corrected chi connectivity index (χ1v) is 11.0. The summed E-state index contributed by atoms with van der Waals surface area (Å²) in [4.78, 5) is 17.1. The highest BCUT2D eigenvalue weighted by Crippen LogP contribution is 2.29. The van der Waals surface area contributed by atoms with Gasteiger partial charge in [0.25, 0.3) is 0 Å². The van der Waals surface area contributed by atoms with Gasteiger partial charge in [0.15, 0.2) is 11.5 Å². The molecule has 6 nitrogen and oxygen atoms in total. The van der Waals surface area contributed by atoms with Crippen molar-refractivity contribution in [3.8, 4) is 11.5 Å². The van der Waals surface area contributed by atoms with Crippen LogP contribution in [0, 0.1) is 5.41 Å². The number of imidazole rings is 1. The maximum atomic E-state index is 12.3. The van der Waals surface area contributed by atoms with Gasteiger partial charge in [-0.25, -0.2) is 4.98 Å². The fourth-order valence-electron chi connectivity index (χ4n) is 3.44. The summed E-state index contributed by atoms with van der Waals surface area (Å²) >= 11 is 0. The van der Waals surface area contributed by atoms with Crippen molar-refractivity contribution in [2.45, 2.75) is 47.2 Å². The number of aromatic nitrogens is 2. The number of amides is 1. The van der Waals surface area contributed by atoms with E-state index in [1.54, 1.807) is 7.11 Å². The Kier molecular flexibility index (Phi) is 7.57. The van der Waals surface area contributed by atoms with Gasteiger partial charge in [0.1, 0.15) is 5.82 Å². The molecule has 3 rings (SSSR count). The number of carbonyl (C=O) groups is 1. The third kappa shape index (κ3) is 5.69. The van der Waals surface area contributed by atoms with Gasteiger partial charge in [-0.15, -0.1) is 0 Å². The van der Waals surface area contributed by atoms with E-state index in [4.69, 9.17) is 14.5 Å². The number of rotatable bonds is 9. The lowest BCUT2D eigenvalue weighted by Gasteiger charge is -2.18. The van der Waals surface area contributed by atoms with Crippen LogP contribution in [-0.2, 0) is 17.9 Å². The Hall–Kier alpha value is -3.28. The van der Waals surface area contributed by atoms with Crippen LogP contribution in [0.1, 0.15) is 45.5 Å². The second-order valence-corrected chi connectivity index (χ2v) is 8.71. The number of nitrogens with one attached hydrogen (secondary N) is 1. The van der Waals surface area contributed by atoms with Gasteiger partial charge >= 0.3 is 0 Å². The van der Waals surface area contributed by atoms with E-state index in [9.17, 15) is 4.79 Å². The van der Waals surface area contributed by atoms with Crippen molar-refractivity contribution >= 4 is 23.0 Å². The topological polar surface area (TPSA) is 65.4 Å². The fraction of sp³-hybridized carbons (Fsp3) is 0.385. The first-order valence-electron chi connectivity index (χ1n) is 11.0. The molecule has 0 unspecified atom stereocenters. The minimum absolute atomic E-state index is 0.00731. The van der Waals surface area contributed by atoms with Gasteiger partial charge in [-0.3, -0.25) is 4.79 Å². The highest BCUT2D eigenvalue weighted by atomic mass is 16.5. The van der Waals surface area contributed by atoms with Crippen molar-refractivity contribution in [3.05, 3.63) is 59.9 Å². The van der Waals surface area contributed by atoms with Crippen LogP contribution in [-0.4, -0.2) is 29.2 Å². The number of fused-ring (bicyclic) bond motifs is 1. The van der Waals surface area contributed by atoms with Crippen molar-refractivity contribution in [1.82, 2.24) is 14.9 Å². The maximum absolute atomic E-state index is 12.3. The van der Waals surface area contributed by atoms with E-state index in [1.807, 2.05) is 76.2 Å². The van der Waals surface area contributed by atoms with E-state index in [2.05, 4.69) is 16.0 Å². The molecule has 0 atom stereocenters. The minimum atomic E-state index is -0.438. The van der Waals surface area contributed by atoms with Gasteiger partial charge in [0, 0.05) is 12.0 Å². The summed E-state index contributed by atoms with van der Waals surface area (Å²) in [5.74, 6) is 2.30. The predicted octanol–water partition coefficient (Wildman–Crippen LogP) is 5.21. The van der Waals surface area contributed by atoms with Crippen LogP contribution in [0.15, 0.2) is 48.5 Å². The SMILES string of the molecule is C/C=C/c1ccc(OCCCn2c(CNC(=O)C(C)(C)C)nc3ccccc32)c(OC)c1. The smallest absolute Gasteiger partial charge is 0.225 e. The Morgan fingerprint density at radius 2 is 1.94 bits per heavy atom. The van der Waals surface area contributed by atoms with Gasteiger partial charge < -0.3 is 19.4 Å². The van der Waals surface area contributed by atoms with Crippen LogP contribution >= 0.6 is 0 Å². The Morgan fingerprint density at radius 3 is 2.66 bits per heavy atom. The van der Waals surface area contributed by atoms with Crippen molar-refractivity contribution in [3.63, 3.8) is 0 Å². The van der Waals surface area contributed by atoms with Crippen molar-refractivity contribution in [2.24, 2.45) is 5.41 Å². The number of hydrogen-bond donors (Lipinski definition) is 1. The molecule has 0 aliphatic rings. The number of aryl methyl sites for hydroxylation is 1. The number of carbonyl (C=O) groups excluding carboxylic acids is 1. The molecule has 1 amide bonds. The molecule has 3 aromatic rings. The van der Waals surface area contributed by atoms with E-state index >= 15 is 0 Å². The second-order valence-electron chi connectivity index (χ2n) is 8.71. The summed E-state index contributed by atoms with van der Waals surface area (Å²) in [7, 11) is 1.65. The molecule has 0 radical (unpaired) electrons. The molecule has 0 saturated heterocycles. The standard InChI is InChI=1S/C26H33N3O3/c1-6-10-19-13-14-22(23(17-19)31-5)32-16-9-15-29-21-12-8-7-11-20(21)28-24(29)18-27-25(30)26(2,3)4/h6-8,10-14,17H,9,15-16,18H2,1-5H3,(H,27,30)/b10-6+. The average molecular weight is 436 g/mol. The summed E-state index contributed by atoms with van der Waals surface area (Å²) in [6.45, 7) is 9.37. The molecule has 170 valence electrons. The highest BCUT2D eigenvalue weighted by Gasteiger charge is 2.21. The molecule has 2 aromatic carbocycles. The lowest BCUT2D eigenvalue weighted by molar-refractivity contribution is -0.128. The van der Waals surface area contributed by atoms with Gasteiger partial charge in [-0.05, 0) is 43.2 Å². The average Bonchev–Trinajstić information content (AvgIpc) is 3.12. The van der Waals surface area contributed by atoms with Gasteiger partial charge in [0.2, 0.25) is 5.91 Å². The number of benzene rings is 2. The number of methoxy groups -OCH3 is 1. The summed E-state index contributed by atoms with van der Waals surface area (Å²) in [5.41, 5.74) is 2.62. The molecular formula is C26H33N3O3. The number of nitrogens with zero attached hydrogens (tertiary/aromatic N) is 2. The number of hydrogen-bond acceptors (Lipinski definition) is 4. The van der Waals surface area contributed by atoms with Crippen molar-refractivity contribution in [1.29, 1.82) is 0 Å². The molecule has 0 aliphatic carbocycles. The van der Waals surface area contributed by atoms with Crippen LogP contribution in [0.25, 0.3) is 17.1 Å². The summed E-state index contributed by atoms with van der Waals surface area (Å²) in [6, 6.07) is 14.0. The van der Waals surface area contributed by atoms with E-state index < -0.39 is 5.41 Å². The zero-order chi connectivity index (χ0) is 23.1. The molecule has 1 N–H and O–H groups in total. The monoisotopic (exact) mass is 435 g/mol. The molecule has 0 bridgehead atoms. The summed E-state index contributed by atoms with van der Waals surface area (Å²) in [5, 5.41) is 3.01. The molecule has 0 fully saturated rings. The molecule has 1 heterocycles. The van der Waals surface area contributed by atoms with Crippen LogP contribution in [0.2, 0.25) is 0 Å². The largest absolute Gasteiger partial charge is 0.493 e. The Labute approximate surface area is 190 Å². The molecular weight excluding hydrogens is 402 g/mol. The number of para-hydroxylation sites is 2. The third-order valence-electron chi connectivity index (χ3n) is 5.15. The molecule has 6 heteroatoms. The lowest BCUT2D eigenvalue weighted by atomic mass is 9.96. The Morgan fingerprint density at radius 1 is 1.16 bits per heavy atom. The summed E-state index contributed by atoms with van der Waals surface area (Å²) in [6.07, 6.45) is 4.81. The van der Waals surface area contributed by atoms with E-state index in [-0.39, 0.29) is 5.91 Å². The van der Waals surface area contributed by atoms with Gasteiger partial charge in [0.05, 0.1) is 31.3 Å². The van der Waals surface area contributed by atoms with Gasteiger partial charge in [-0.1, -0.05) is 51.1 Å². The number of allylic oxidation sites excluding steroid dienone is 1. The van der Waals surface area contributed by atoms with Crippen LogP contribution in [0.5, 0.6) is 11.5 Å². The van der Waals surface area contributed by atoms with E-state index in [1.165, 1.54) is 0 Å². The minimum Gasteiger partial charge on any atom is -0.493 e. The Balaban J connectivity index is 1.67. The predicted molar refractivity (Wildman–Crippen MR) is 129 cm³/mol. The maximum Gasteiger partial charge on any atom is 0.225 e. The van der Waals surface area contributed by atoms with Gasteiger partial charge in [-0.2, -0.15) is 0 Å². The number of ether oxygens (including phenoxy) is 2. The normalized spacial score (nSPS) is 11.8. The quantitative estimate of drug-likeness (QED) is 0.469. The third-order valence-corrected chi connectivity index (χ3v) is 5.15. The molecule has 0 spiro atoms. The molecule has 32 heavy (non-hydrogen) atoms. The zero-order valence-electron chi connectivity index (χ0n) is 19.6.